The molecule has 208 valence electrons. The van der Waals surface area contributed by atoms with Crippen LogP contribution in [0.2, 0.25) is 0 Å². The molecule has 1 aliphatic rings. The third-order valence-electron chi connectivity index (χ3n) is 9.48. The van der Waals surface area contributed by atoms with Crippen LogP contribution in [-0.2, 0) is 5.41 Å². The molecule has 0 saturated carbocycles. The first-order chi connectivity index (χ1) is 21.6. The van der Waals surface area contributed by atoms with Crippen molar-refractivity contribution in [1.29, 1.82) is 0 Å². The Kier molecular flexibility index (Phi) is 5.24. The Labute approximate surface area is 256 Å². The minimum absolute atomic E-state index is 0.0702. The van der Waals surface area contributed by atoms with Crippen LogP contribution in [-0.4, -0.2) is 14.5 Å². The molecule has 0 atom stereocenters. The Balaban J connectivity index is 1.23. The van der Waals surface area contributed by atoms with E-state index in [2.05, 4.69) is 146 Å². The average molecular weight is 564 g/mol. The zero-order valence-corrected chi connectivity index (χ0v) is 24.6. The molecular weight excluding hydrogens is 534 g/mol. The highest BCUT2D eigenvalue weighted by atomic mass is 15.2. The van der Waals surface area contributed by atoms with Gasteiger partial charge < -0.3 is 0 Å². The largest absolute Gasteiger partial charge is 0.277 e. The molecule has 6 aromatic carbocycles. The quantitative estimate of drug-likeness (QED) is 0.214. The molecule has 44 heavy (non-hydrogen) atoms. The first kappa shape index (κ1) is 25.0. The second-order valence-corrected chi connectivity index (χ2v) is 12.3. The summed E-state index contributed by atoms with van der Waals surface area (Å²) in [4.78, 5) is 10.1. The molecule has 0 bridgehead atoms. The zero-order valence-electron chi connectivity index (χ0n) is 24.6. The molecular formula is C41H29N3. The third kappa shape index (κ3) is 3.56. The number of aromatic nitrogens is 3. The van der Waals surface area contributed by atoms with Gasteiger partial charge in [-0.15, -0.1) is 0 Å². The van der Waals surface area contributed by atoms with Gasteiger partial charge in [0.2, 0.25) is 5.95 Å². The van der Waals surface area contributed by atoms with Crippen molar-refractivity contribution >= 4 is 32.6 Å². The Morgan fingerprint density at radius 1 is 0.545 bits per heavy atom. The molecule has 0 saturated heterocycles. The smallest absolute Gasteiger partial charge is 0.235 e. The van der Waals surface area contributed by atoms with E-state index < -0.39 is 0 Å². The summed E-state index contributed by atoms with van der Waals surface area (Å²) in [7, 11) is 0. The van der Waals surface area contributed by atoms with Crippen LogP contribution in [0.3, 0.4) is 0 Å². The maximum atomic E-state index is 5.23. The number of fused-ring (bicyclic) bond motifs is 8. The molecule has 3 nitrogen and oxygen atoms in total. The van der Waals surface area contributed by atoms with Crippen molar-refractivity contribution < 1.29 is 0 Å². The van der Waals surface area contributed by atoms with Crippen molar-refractivity contribution in [2.24, 2.45) is 0 Å². The summed E-state index contributed by atoms with van der Waals surface area (Å²) < 4.78 is 2.23. The summed E-state index contributed by atoms with van der Waals surface area (Å²) in [5.41, 5.74) is 11.9. The lowest BCUT2D eigenvalue weighted by molar-refractivity contribution is 0.660. The topological polar surface area (TPSA) is 30.7 Å². The van der Waals surface area contributed by atoms with Gasteiger partial charge >= 0.3 is 0 Å². The van der Waals surface area contributed by atoms with E-state index in [0.29, 0.717) is 5.95 Å². The molecule has 8 aromatic rings. The highest BCUT2D eigenvalue weighted by Gasteiger charge is 2.35. The lowest BCUT2D eigenvalue weighted by Gasteiger charge is -2.21. The Hall–Kier alpha value is -5.54. The summed E-state index contributed by atoms with van der Waals surface area (Å²) in [5.74, 6) is 0.678. The fraction of sp³-hybridized carbons (Fsp3) is 0.0732. The second kappa shape index (κ2) is 9.23. The number of para-hydroxylation sites is 1. The maximum Gasteiger partial charge on any atom is 0.235 e. The van der Waals surface area contributed by atoms with E-state index in [1.807, 2.05) is 12.3 Å². The Bertz CT molecular complexity index is 2410. The van der Waals surface area contributed by atoms with E-state index in [-0.39, 0.29) is 5.41 Å². The standard InChI is InChI=1S/C41H29N3/c1-41(2)35-20-17-28(26-10-4-3-5-11-26)24-33(35)34-25-29(18-21-36(34)41)37-22-23-42-40(43-37)44-38-15-9-8-14-31(38)32-19-16-27-12-6-7-13-30(27)39(32)44/h3-25H,1-2H3. The molecule has 2 aromatic heterocycles. The summed E-state index contributed by atoms with van der Waals surface area (Å²) >= 11 is 0. The summed E-state index contributed by atoms with van der Waals surface area (Å²) in [6.45, 7) is 4.66. The average Bonchev–Trinajstić information content (AvgIpc) is 3.54. The van der Waals surface area contributed by atoms with Crippen molar-refractivity contribution in [1.82, 2.24) is 14.5 Å². The van der Waals surface area contributed by atoms with Crippen molar-refractivity contribution in [2.45, 2.75) is 19.3 Å². The van der Waals surface area contributed by atoms with Crippen molar-refractivity contribution in [2.75, 3.05) is 0 Å². The Morgan fingerprint density at radius 2 is 1.23 bits per heavy atom. The molecule has 0 fully saturated rings. The molecule has 0 unspecified atom stereocenters. The molecule has 0 spiro atoms. The highest BCUT2D eigenvalue weighted by Crippen LogP contribution is 2.50. The molecule has 9 rings (SSSR count). The normalized spacial score (nSPS) is 13.4. The van der Waals surface area contributed by atoms with Crippen LogP contribution in [0.25, 0.3) is 72.0 Å². The van der Waals surface area contributed by atoms with Gasteiger partial charge in [-0.1, -0.05) is 123 Å². The number of benzene rings is 6. The summed E-state index contributed by atoms with van der Waals surface area (Å²) in [6, 6.07) is 48.0. The molecule has 0 radical (unpaired) electrons. The van der Waals surface area contributed by atoms with Crippen LogP contribution in [0, 0.1) is 0 Å². The number of hydrogen-bond acceptors (Lipinski definition) is 2. The Morgan fingerprint density at radius 3 is 2.05 bits per heavy atom. The van der Waals surface area contributed by atoms with Gasteiger partial charge in [0.25, 0.3) is 0 Å². The van der Waals surface area contributed by atoms with Crippen molar-refractivity contribution in [3.63, 3.8) is 0 Å². The molecule has 0 aliphatic heterocycles. The van der Waals surface area contributed by atoms with Gasteiger partial charge in [-0.25, -0.2) is 9.97 Å². The van der Waals surface area contributed by atoms with Crippen LogP contribution in [0.4, 0.5) is 0 Å². The van der Waals surface area contributed by atoms with Crippen LogP contribution < -0.4 is 0 Å². The van der Waals surface area contributed by atoms with Gasteiger partial charge in [0.15, 0.2) is 0 Å². The summed E-state index contributed by atoms with van der Waals surface area (Å²) in [6.07, 6.45) is 1.89. The molecule has 1 aliphatic carbocycles. The predicted molar refractivity (Wildman–Crippen MR) is 182 cm³/mol. The monoisotopic (exact) mass is 563 g/mol. The van der Waals surface area contributed by atoms with Crippen LogP contribution in [0.15, 0.2) is 140 Å². The maximum absolute atomic E-state index is 5.23. The first-order valence-electron chi connectivity index (χ1n) is 15.2. The molecule has 3 heteroatoms. The van der Waals surface area contributed by atoms with Gasteiger partial charge in [0.1, 0.15) is 0 Å². The summed E-state index contributed by atoms with van der Waals surface area (Å²) in [5, 5.41) is 4.81. The number of nitrogens with zero attached hydrogens (tertiary/aromatic N) is 3. The van der Waals surface area contributed by atoms with Gasteiger partial charge in [-0.2, -0.15) is 0 Å². The number of rotatable bonds is 3. The van der Waals surface area contributed by atoms with E-state index in [9.17, 15) is 0 Å². The highest BCUT2D eigenvalue weighted by molar-refractivity contribution is 6.18. The van der Waals surface area contributed by atoms with Crippen LogP contribution in [0.1, 0.15) is 25.0 Å². The first-order valence-corrected chi connectivity index (χ1v) is 15.2. The third-order valence-corrected chi connectivity index (χ3v) is 9.48. The fourth-order valence-corrected chi connectivity index (χ4v) is 7.29. The van der Waals surface area contributed by atoms with Crippen molar-refractivity contribution in [3.05, 3.63) is 151 Å². The van der Waals surface area contributed by atoms with E-state index in [1.165, 1.54) is 54.9 Å². The molecule has 0 N–H and O–H groups in total. The van der Waals surface area contributed by atoms with Gasteiger partial charge in [0, 0.05) is 33.3 Å². The molecule has 2 heterocycles. The zero-order chi connectivity index (χ0) is 29.4. The van der Waals surface area contributed by atoms with E-state index in [1.54, 1.807) is 0 Å². The number of hydrogen-bond donors (Lipinski definition) is 0. The van der Waals surface area contributed by atoms with Gasteiger partial charge in [0.05, 0.1) is 16.7 Å². The minimum atomic E-state index is -0.0702. The van der Waals surface area contributed by atoms with Crippen molar-refractivity contribution in [3.8, 4) is 39.5 Å². The SMILES string of the molecule is CC1(C)c2ccc(-c3ccccc3)cc2-c2cc(-c3ccnc(-n4c5ccccc5c5ccc6ccccc6c54)n3)ccc21. The van der Waals surface area contributed by atoms with Gasteiger partial charge in [-0.3, -0.25) is 4.57 Å². The van der Waals surface area contributed by atoms with E-state index in [0.717, 1.165) is 22.3 Å². The predicted octanol–water partition coefficient (Wildman–Crippen LogP) is 10.4. The second-order valence-electron chi connectivity index (χ2n) is 12.3. The van der Waals surface area contributed by atoms with Gasteiger partial charge in [-0.05, 0) is 63.0 Å². The van der Waals surface area contributed by atoms with E-state index >= 15 is 0 Å². The van der Waals surface area contributed by atoms with Crippen LogP contribution in [0.5, 0.6) is 0 Å². The lowest BCUT2D eigenvalue weighted by atomic mass is 9.82. The molecule has 0 amide bonds. The van der Waals surface area contributed by atoms with Crippen LogP contribution >= 0.6 is 0 Å². The minimum Gasteiger partial charge on any atom is -0.277 e. The fourth-order valence-electron chi connectivity index (χ4n) is 7.29. The lowest BCUT2D eigenvalue weighted by Crippen LogP contribution is -2.14. The van der Waals surface area contributed by atoms with E-state index in [4.69, 9.17) is 9.97 Å².